The molecule has 2 aromatic rings. The molecule has 1 unspecified atom stereocenters. The Morgan fingerprint density at radius 3 is 2.32 bits per heavy atom. The molecule has 150 valence electrons. The third-order valence-electron chi connectivity index (χ3n) is 4.60. The summed E-state index contributed by atoms with van der Waals surface area (Å²) in [5, 5.41) is 11.0. The normalized spacial score (nSPS) is 22.5. The number of primary amides is 1. The predicted molar refractivity (Wildman–Crippen MR) is 105 cm³/mol. The molecule has 0 radical (unpaired) electrons. The van der Waals surface area contributed by atoms with Crippen molar-refractivity contribution in [2.24, 2.45) is 5.73 Å². The molecule has 0 bridgehead atoms. The van der Waals surface area contributed by atoms with Gasteiger partial charge < -0.3 is 15.6 Å². The topological polar surface area (TPSA) is 123 Å². The van der Waals surface area contributed by atoms with Crippen molar-refractivity contribution in [2.75, 3.05) is 12.3 Å². The lowest BCUT2D eigenvalue weighted by Gasteiger charge is -2.49. The number of amides is 1. The Hall–Kier alpha value is -2.14. The molecule has 1 fully saturated rings. The Bertz CT molecular complexity index is 964. The predicted octanol–water partition coefficient (Wildman–Crippen LogP) is 1.56. The van der Waals surface area contributed by atoms with Crippen LogP contribution in [0.15, 0.2) is 53.7 Å². The second kappa shape index (κ2) is 7.36. The van der Waals surface area contributed by atoms with E-state index >= 15 is 0 Å². The van der Waals surface area contributed by atoms with Crippen molar-refractivity contribution in [1.29, 1.82) is 0 Å². The van der Waals surface area contributed by atoms with Gasteiger partial charge in [-0.05, 0) is 50.2 Å². The first-order valence-corrected chi connectivity index (χ1v) is 10.9. The number of aromatic nitrogens is 1. The molecule has 1 aromatic heterocycles. The molecule has 0 spiro atoms. The second-order valence-corrected chi connectivity index (χ2v) is 10.3. The largest absolute Gasteiger partial charge is 0.457 e. The molecule has 0 saturated carbocycles. The van der Waals surface area contributed by atoms with E-state index in [2.05, 4.69) is 4.98 Å². The van der Waals surface area contributed by atoms with Gasteiger partial charge in [0.1, 0.15) is 11.5 Å². The van der Waals surface area contributed by atoms with E-state index in [1.165, 1.54) is 36.0 Å². The second-order valence-electron chi connectivity index (χ2n) is 6.73. The third kappa shape index (κ3) is 3.48. The van der Waals surface area contributed by atoms with E-state index in [0.717, 1.165) is 4.31 Å². The van der Waals surface area contributed by atoms with E-state index in [1.54, 1.807) is 38.4 Å². The summed E-state index contributed by atoms with van der Waals surface area (Å²) in [5.41, 5.74) is 3.07. The van der Waals surface area contributed by atoms with Crippen LogP contribution >= 0.6 is 11.8 Å². The fourth-order valence-corrected chi connectivity index (χ4v) is 6.11. The van der Waals surface area contributed by atoms with E-state index < -0.39 is 26.4 Å². The molecular formula is C18H21N3O5S2. The highest BCUT2D eigenvalue weighted by atomic mass is 32.2. The Kier molecular flexibility index (Phi) is 5.41. The molecular weight excluding hydrogens is 402 g/mol. The monoisotopic (exact) mass is 423 g/mol. The van der Waals surface area contributed by atoms with Crippen molar-refractivity contribution in [1.82, 2.24) is 9.29 Å². The minimum Gasteiger partial charge on any atom is -0.457 e. The standard InChI is InChI=1S/C18H21N3O5S2/c1-17(2)18(23,16(19)22)21(11-12-27-17)28(24,25)15-5-3-13(4-6-15)26-14-7-9-20-10-8-14/h3-10,23H,11-12H2,1-2H3,(H2,19,22). The summed E-state index contributed by atoms with van der Waals surface area (Å²) >= 11 is 1.29. The molecule has 0 aliphatic carbocycles. The van der Waals surface area contributed by atoms with Crippen molar-refractivity contribution < 1.29 is 23.1 Å². The Morgan fingerprint density at radius 2 is 1.75 bits per heavy atom. The molecule has 1 aromatic carbocycles. The van der Waals surface area contributed by atoms with Crippen molar-refractivity contribution >= 4 is 27.7 Å². The molecule has 28 heavy (non-hydrogen) atoms. The van der Waals surface area contributed by atoms with Crippen LogP contribution in [0.2, 0.25) is 0 Å². The highest BCUT2D eigenvalue weighted by Gasteiger charge is 2.59. The van der Waals surface area contributed by atoms with Gasteiger partial charge in [-0.25, -0.2) is 8.42 Å². The lowest BCUT2D eigenvalue weighted by molar-refractivity contribution is -0.155. The maximum Gasteiger partial charge on any atom is 0.267 e. The summed E-state index contributed by atoms with van der Waals surface area (Å²) in [6.45, 7) is 3.15. The van der Waals surface area contributed by atoms with E-state index in [1.807, 2.05) is 0 Å². The fourth-order valence-electron chi connectivity index (χ4n) is 3.01. The van der Waals surface area contributed by atoms with E-state index in [4.69, 9.17) is 10.5 Å². The van der Waals surface area contributed by atoms with Crippen LogP contribution in [0.3, 0.4) is 0 Å². The number of carbonyl (C=O) groups is 1. The van der Waals surface area contributed by atoms with Gasteiger partial charge in [0.15, 0.2) is 0 Å². The molecule has 2 heterocycles. The van der Waals surface area contributed by atoms with Crippen LogP contribution in [-0.2, 0) is 14.8 Å². The molecule has 10 heteroatoms. The van der Waals surface area contributed by atoms with Crippen molar-refractivity contribution in [3.8, 4) is 11.5 Å². The number of nitrogens with two attached hydrogens (primary N) is 1. The number of thioether (sulfide) groups is 1. The zero-order valence-electron chi connectivity index (χ0n) is 15.4. The van der Waals surface area contributed by atoms with Gasteiger partial charge in [-0.2, -0.15) is 4.31 Å². The SMILES string of the molecule is CC1(C)SCCN(S(=O)(=O)c2ccc(Oc3ccncc3)cc2)C1(O)C(N)=O. The number of carbonyl (C=O) groups excluding carboxylic acids is 1. The number of nitrogens with zero attached hydrogens (tertiary/aromatic N) is 2. The third-order valence-corrected chi connectivity index (χ3v) is 7.89. The maximum absolute atomic E-state index is 13.2. The van der Waals surface area contributed by atoms with Crippen LogP contribution in [0, 0.1) is 0 Å². The van der Waals surface area contributed by atoms with Gasteiger partial charge in [0.05, 0.1) is 9.64 Å². The van der Waals surface area contributed by atoms with E-state index in [-0.39, 0.29) is 11.4 Å². The molecule has 1 aliphatic heterocycles. The van der Waals surface area contributed by atoms with Crippen LogP contribution in [-0.4, -0.2) is 51.5 Å². The summed E-state index contributed by atoms with van der Waals surface area (Å²) in [5.74, 6) is 0.310. The highest BCUT2D eigenvalue weighted by molar-refractivity contribution is 8.01. The summed E-state index contributed by atoms with van der Waals surface area (Å²) in [4.78, 5) is 15.9. The fraction of sp³-hybridized carbons (Fsp3) is 0.333. The molecule has 3 rings (SSSR count). The van der Waals surface area contributed by atoms with Gasteiger partial charge in [-0.1, -0.05) is 0 Å². The number of hydrogen-bond acceptors (Lipinski definition) is 7. The van der Waals surface area contributed by atoms with Gasteiger partial charge in [0.2, 0.25) is 15.7 Å². The first kappa shape index (κ1) is 20.6. The molecule has 1 amide bonds. The number of sulfonamides is 1. The Labute approximate surface area is 167 Å². The number of hydrogen-bond donors (Lipinski definition) is 2. The number of aliphatic hydroxyl groups is 1. The van der Waals surface area contributed by atoms with Crippen LogP contribution in [0.1, 0.15) is 13.8 Å². The summed E-state index contributed by atoms with van der Waals surface area (Å²) < 4.78 is 31.6. The van der Waals surface area contributed by atoms with Crippen LogP contribution < -0.4 is 10.5 Å². The van der Waals surface area contributed by atoms with Gasteiger partial charge in [0, 0.05) is 24.7 Å². The van der Waals surface area contributed by atoms with E-state index in [9.17, 15) is 18.3 Å². The minimum atomic E-state index is -4.17. The van der Waals surface area contributed by atoms with Gasteiger partial charge >= 0.3 is 0 Å². The van der Waals surface area contributed by atoms with Crippen LogP contribution in [0.25, 0.3) is 0 Å². The first-order chi connectivity index (χ1) is 13.1. The average molecular weight is 424 g/mol. The van der Waals surface area contributed by atoms with Gasteiger partial charge in [-0.15, -0.1) is 11.8 Å². The quantitative estimate of drug-likeness (QED) is 0.748. The van der Waals surface area contributed by atoms with Crippen molar-refractivity contribution in [3.63, 3.8) is 0 Å². The molecule has 3 N–H and O–H groups in total. The smallest absolute Gasteiger partial charge is 0.267 e. The van der Waals surface area contributed by atoms with Gasteiger partial charge in [-0.3, -0.25) is 9.78 Å². The Morgan fingerprint density at radius 1 is 1.18 bits per heavy atom. The number of rotatable bonds is 5. The summed E-state index contributed by atoms with van der Waals surface area (Å²) in [6, 6.07) is 9.07. The summed E-state index contributed by atoms with van der Waals surface area (Å²) in [7, 11) is -4.17. The molecule has 1 saturated heterocycles. The lowest BCUT2D eigenvalue weighted by Crippen LogP contribution is -2.71. The van der Waals surface area contributed by atoms with Crippen molar-refractivity contribution in [2.45, 2.75) is 29.2 Å². The molecule has 1 aliphatic rings. The first-order valence-electron chi connectivity index (χ1n) is 8.46. The molecule has 1 atom stereocenters. The van der Waals surface area contributed by atoms with E-state index in [0.29, 0.717) is 17.3 Å². The number of pyridine rings is 1. The number of benzene rings is 1. The van der Waals surface area contributed by atoms with Crippen LogP contribution in [0.5, 0.6) is 11.5 Å². The zero-order valence-corrected chi connectivity index (χ0v) is 17.0. The summed E-state index contributed by atoms with van der Waals surface area (Å²) in [6.07, 6.45) is 3.16. The number of ether oxygens (including phenoxy) is 1. The average Bonchev–Trinajstić information content (AvgIpc) is 2.65. The lowest BCUT2D eigenvalue weighted by atomic mass is 9.97. The highest BCUT2D eigenvalue weighted by Crippen LogP contribution is 2.44. The van der Waals surface area contributed by atoms with Crippen molar-refractivity contribution in [3.05, 3.63) is 48.8 Å². The maximum atomic E-state index is 13.2. The minimum absolute atomic E-state index is 0.0366. The molecule has 8 nitrogen and oxygen atoms in total. The van der Waals surface area contributed by atoms with Crippen LogP contribution in [0.4, 0.5) is 0 Å². The zero-order chi connectivity index (χ0) is 20.6. The Balaban J connectivity index is 1.92. The van der Waals surface area contributed by atoms with Gasteiger partial charge in [0.25, 0.3) is 5.91 Å².